The molecule has 104 valence electrons. The van der Waals surface area contributed by atoms with Crippen LogP contribution < -0.4 is 0 Å². The predicted octanol–water partition coefficient (Wildman–Crippen LogP) is 1.02. The Kier molecular flexibility index (Phi) is 4.44. The van der Waals surface area contributed by atoms with Gasteiger partial charge in [0.15, 0.2) is 0 Å². The summed E-state index contributed by atoms with van der Waals surface area (Å²) in [4.78, 5) is 21.7. The molecule has 0 bridgehead atoms. The molecular formula is C13H19N3O3. The van der Waals surface area contributed by atoms with Crippen molar-refractivity contribution in [2.75, 3.05) is 19.8 Å². The second-order valence-electron chi connectivity index (χ2n) is 4.77. The summed E-state index contributed by atoms with van der Waals surface area (Å²) < 4.78 is 5.39. The SMILES string of the molecule is Cc1nccnc1C(C)N1CCOCC1CC(=O)O. The first kappa shape index (κ1) is 13.9. The monoisotopic (exact) mass is 265 g/mol. The number of aliphatic carboxylic acids is 1. The summed E-state index contributed by atoms with van der Waals surface area (Å²) in [6.45, 7) is 5.76. The number of aryl methyl sites for hydroxylation is 1. The van der Waals surface area contributed by atoms with Crippen LogP contribution in [0.5, 0.6) is 0 Å². The number of carboxylic acids is 1. The Morgan fingerprint density at radius 1 is 1.58 bits per heavy atom. The van der Waals surface area contributed by atoms with Crippen molar-refractivity contribution >= 4 is 5.97 Å². The molecule has 0 amide bonds. The molecule has 2 heterocycles. The molecule has 1 aromatic heterocycles. The van der Waals surface area contributed by atoms with Crippen LogP contribution in [0.25, 0.3) is 0 Å². The molecule has 1 N–H and O–H groups in total. The molecule has 6 heteroatoms. The molecule has 1 fully saturated rings. The summed E-state index contributed by atoms with van der Waals surface area (Å²) in [6.07, 6.45) is 3.43. The van der Waals surface area contributed by atoms with Crippen molar-refractivity contribution in [1.82, 2.24) is 14.9 Å². The number of carboxylic acid groups (broad SMARTS) is 1. The van der Waals surface area contributed by atoms with Gasteiger partial charge in [0.1, 0.15) is 0 Å². The average Bonchev–Trinajstić information content (AvgIpc) is 2.38. The van der Waals surface area contributed by atoms with Gasteiger partial charge in [0, 0.05) is 25.0 Å². The summed E-state index contributed by atoms with van der Waals surface area (Å²) in [5, 5.41) is 8.98. The molecule has 1 aromatic rings. The Bertz CT molecular complexity index is 453. The van der Waals surface area contributed by atoms with Crippen molar-refractivity contribution in [2.45, 2.75) is 32.4 Å². The maximum Gasteiger partial charge on any atom is 0.305 e. The van der Waals surface area contributed by atoms with E-state index in [-0.39, 0.29) is 18.5 Å². The van der Waals surface area contributed by atoms with Crippen LogP contribution in [-0.2, 0) is 9.53 Å². The highest BCUT2D eigenvalue weighted by molar-refractivity contribution is 5.67. The minimum atomic E-state index is -0.802. The van der Waals surface area contributed by atoms with Crippen LogP contribution in [0.4, 0.5) is 0 Å². The fourth-order valence-electron chi connectivity index (χ4n) is 2.54. The third-order valence-corrected chi connectivity index (χ3v) is 3.50. The van der Waals surface area contributed by atoms with E-state index in [0.717, 1.165) is 17.9 Å². The first-order valence-corrected chi connectivity index (χ1v) is 6.42. The van der Waals surface area contributed by atoms with E-state index in [1.807, 2.05) is 13.8 Å². The quantitative estimate of drug-likeness (QED) is 0.876. The molecule has 0 aromatic carbocycles. The maximum atomic E-state index is 10.9. The van der Waals surface area contributed by atoms with Crippen molar-refractivity contribution in [3.63, 3.8) is 0 Å². The van der Waals surface area contributed by atoms with E-state index >= 15 is 0 Å². The molecule has 0 aliphatic carbocycles. The van der Waals surface area contributed by atoms with Crippen LogP contribution in [-0.4, -0.2) is 51.7 Å². The molecule has 6 nitrogen and oxygen atoms in total. The number of morpholine rings is 1. The Morgan fingerprint density at radius 3 is 3.00 bits per heavy atom. The van der Waals surface area contributed by atoms with Crippen LogP contribution in [0.1, 0.15) is 30.8 Å². The van der Waals surface area contributed by atoms with Crippen molar-refractivity contribution in [3.05, 3.63) is 23.8 Å². The van der Waals surface area contributed by atoms with Gasteiger partial charge < -0.3 is 9.84 Å². The molecule has 1 aliphatic heterocycles. The zero-order valence-corrected chi connectivity index (χ0v) is 11.2. The van der Waals surface area contributed by atoms with Gasteiger partial charge in [0.25, 0.3) is 0 Å². The normalized spacial score (nSPS) is 22.1. The molecule has 19 heavy (non-hydrogen) atoms. The largest absolute Gasteiger partial charge is 0.481 e. The van der Waals surface area contributed by atoms with Gasteiger partial charge in [-0.15, -0.1) is 0 Å². The molecule has 1 saturated heterocycles. The molecule has 2 unspecified atom stereocenters. The Hall–Kier alpha value is -1.53. The van der Waals surface area contributed by atoms with E-state index in [1.165, 1.54) is 0 Å². The third kappa shape index (κ3) is 3.27. The minimum absolute atomic E-state index is 0.0435. The number of aromatic nitrogens is 2. The summed E-state index contributed by atoms with van der Waals surface area (Å²) in [6, 6.07) is -0.0652. The second kappa shape index (κ2) is 6.08. The fourth-order valence-corrected chi connectivity index (χ4v) is 2.54. The average molecular weight is 265 g/mol. The number of rotatable bonds is 4. The van der Waals surface area contributed by atoms with E-state index in [2.05, 4.69) is 14.9 Å². The molecule has 2 rings (SSSR count). The van der Waals surface area contributed by atoms with Crippen molar-refractivity contribution < 1.29 is 14.6 Å². The van der Waals surface area contributed by atoms with Gasteiger partial charge in [-0.05, 0) is 13.8 Å². The van der Waals surface area contributed by atoms with Crippen molar-refractivity contribution in [2.24, 2.45) is 0 Å². The molecule has 0 spiro atoms. The number of ether oxygens (including phenoxy) is 1. The van der Waals surface area contributed by atoms with E-state index in [0.29, 0.717) is 13.2 Å². The van der Waals surface area contributed by atoms with E-state index in [4.69, 9.17) is 9.84 Å². The lowest BCUT2D eigenvalue weighted by Crippen LogP contribution is -2.47. The lowest BCUT2D eigenvalue weighted by Gasteiger charge is -2.38. The van der Waals surface area contributed by atoms with Crippen LogP contribution >= 0.6 is 0 Å². The molecule has 0 radical (unpaired) electrons. The Balaban J connectivity index is 2.17. The number of hydrogen-bond acceptors (Lipinski definition) is 5. The van der Waals surface area contributed by atoms with Gasteiger partial charge >= 0.3 is 5.97 Å². The summed E-state index contributed by atoms with van der Waals surface area (Å²) in [5.74, 6) is -0.802. The lowest BCUT2D eigenvalue weighted by atomic mass is 10.1. The van der Waals surface area contributed by atoms with Crippen molar-refractivity contribution in [1.29, 1.82) is 0 Å². The van der Waals surface area contributed by atoms with Gasteiger partial charge in [0.05, 0.1) is 37.1 Å². The Morgan fingerprint density at radius 2 is 2.32 bits per heavy atom. The smallest absolute Gasteiger partial charge is 0.305 e. The summed E-state index contributed by atoms with van der Waals surface area (Å²) in [5.41, 5.74) is 1.79. The van der Waals surface area contributed by atoms with Gasteiger partial charge in [-0.1, -0.05) is 0 Å². The highest BCUT2D eigenvalue weighted by Crippen LogP contribution is 2.25. The van der Waals surface area contributed by atoms with E-state index < -0.39 is 5.97 Å². The van der Waals surface area contributed by atoms with Gasteiger partial charge in [-0.3, -0.25) is 19.7 Å². The van der Waals surface area contributed by atoms with Crippen LogP contribution in [0.2, 0.25) is 0 Å². The van der Waals surface area contributed by atoms with Gasteiger partial charge in [-0.2, -0.15) is 0 Å². The fraction of sp³-hybridized carbons (Fsp3) is 0.615. The minimum Gasteiger partial charge on any atom is -0.481 e. The third-order valence-electron chi connectivity index (χ3n) is 3.50. The number of hydrogen-bond donors (Lipinski definition) is 1. The molecule has 1 aliphatic rings. The zero-order valence-electron chi connectivity index (χ0n) is 11.2. The number of nitrogens with zero attached hydrogens (tertiary/aromatic N) is 3. The topological polar surface area (TPSA) is 75.5 Å². The van der Waals surface area contributed by atoms with Crippen LogP contribution in [0.15, 0.2) is 12.4 Å². The maximum absolute atomic E-state index is 10.9. The first-order valence-electron chi connectivity index (χ1n) is 6.42. The van der Waals surface area contributed by atoms with Crippen LogP contribution in [0, 0.1) is 6.92 Å². The highest BCUT2D eigenvalue weighted by atomic mass is 16.5. The van der Waals surface area contributed by atoms with E-state index in [9.17, 15) is 4.79 Å². The number of carbonyl (C=O) groups is 1. The van der Waals surface area contributed by atoms with E-state index in [1.54, 1.807) is 12.4 Å². The second-order valence-corrected chi connectivity index (χ2v) is 4.77. The summed E-state index contributed by atoms with van der Waals surface area (Å²) in [7, 11) is 0. The lowest BCUT2D eigenvalue weighted by molar-refractivity contribution is -0.140. The molecule has 0 saturated carbocycles. The standard InChI is InChI=1S/C13H19N3O3/c1-9-13(15-4-3-14-9)10(2)16-5-6-19-8-11(16)7-12(17)18/h3-4,10-11H,5-8H2,1-2H3,(H,17,18). The molecular weight excluding hydrogens is 246 g/mol. The van der Waals surface area contributed by atoms with Crippen molar-refractivity contribution in [3.8, 4) is 0 Å². The molecule has 2 atom stereocenters. The summed E-state index contributed by atoms with van der Waals surface area (Å²) >= 11 is 0. The zero-order chi connectivity index (χ0) is 13.8. The highest BCUT2D eigenvalue weighted by Gasteiger charge is 2.30. The first-order chi connectivity index (χ1) is 9.09. The Labute approximate surface area is 112 Å². The van der Waals surface area contributed by atoms with Crippen LogP contribution in [0.3, 0.4) is 0 Å². The van der Waals surface area contributed by atoms with Gasteiger partial charge in [0.2, 0.25) is 0 Å². The van der Waals surface area contributed by atoms with Gasteiger partial charge in [-0.25, -0.2) is 0 Å². The predicted molar refractivity (Wildman–Crippen MR) is 68.7 cm³/mol.